The van der Waals surface area contributed by atoms with Crippen molar-refractivity contribution >= 4 is 0 Å². The van der Waals surface area contributed by atoms with Crippen molar-refractivity contribution < 1.29 is 0 Å². The molecule has 0 amide bonds. The van der Waals surface area contributed by atoms with Gasteiger partial charge in [0.2, 0.25) is 0 Å². The fourth-order valence-corrected chi connectivity index (χ4v) is 3.77. The Morgan fingerprint density at radius 3 is 2.37 bits per heavy atom. The van der Waals surface area contributed by atoms with Gasteiger partial charge < -0.3 is 10.6 Å². The Morgan fingerprint density at radius 1 is 1.11 bits per heavy atom. The summed E-state index contributed by atoms with van der Waals surface area (Å²) in [4.78, 5) is 2.42. The van der Waals surface area contributed by atoms with Gasteiger partial charge in [-0.3, -0.25) is 0 Å². The monoisotopic (exact) mass is 258 g/mol. The van der Waals surface area contributed by atoms with Gasteiger partial charge in [-0.15, -0.1) is 0 Å². The summed E-state index contributed by atoms with van der Waals surface area (Å²) in [6, 6.07) is 9.22. The number of benzene rings is 1. The average Bonchev–Trinajstić information content (AvgIpc) is 2.87. The van der Waals surface area contributed by atoms with Gasteiger partial charge in [0.1, 0.15) is 0 Å². The molecule has 1 heterocycles. The van der Waals surface area contributed by atoms with E-state index in [1.807, 2.05) is 0 Å². The van der Waals surface area contributed by atoms with E-state index in [4.69, 9.17) is 5.73 Å². The molecule has 1 aliphatic heterocycles. The minimum Gasteiger partial charge on any atom is -0.321 e. The molecule has 1 saturated heterocycles. The summed E-state index contributed by atoms with van der Waals surface area (Å²) >= 11 is 0. The lowest BCUT2D eigenvalue weighted by atomic mass is 9.77. The number of hydrogen-bond donors (Lipinski definition) is 1. The van der Waals surface area contributed by atoms with Crippen LogP contribution in [0, 0.1) is 0 Å². The number of nitrogens with two attached hydrogens (primary N) is 1. The lowest BCUT2D eigenvalue weighted by Gasteiger charge is -2.34. The second-order valence-electron chi connectivity index (χ2n) is 6.59. The van der Waals surface area contributed by atoms with Crippen LogP contribution in [-0.4, -0.2) is 25.0 Å². The zero-order valence-corrected chi connectivity index (χ0v) is 12.1. The first-order valence-corrected chi connectivity index (χ1v) is 7.75. The molecule has 1 saturated carbocycles. The highest BCUT2D eigenvalue weighted by Gasteiger charge is 2.29. The third-order valence-corrected chi connectivity index (χ3v) is 5.09. The summed E-state index contributed by atoms with van der Waals surface area (Å²) in [5, 5.41) is 0. The molecule has 1 aromatic rings. The largest absolute Gasteiger partial charge is 0.321 e. The molecule has 104 valence electrons. The predicted molar refractivity (Wildman–Crippen MR) is 80.2 cm³/mol. The highest BCUT2D eigenvalue weighted by atomic mass is 15.1. The van der Waals surface area contributed by atoms with Gasteiger partial charge in [0, 0.05) is 12.1 Å². The molecule has 2 N–H and O–H groups in total. The molecule has 2 aliphatic rings. The number of hydrogen-bond acceptors (Lipinski definition) is 2. The van der Waals surface area contributed by atoms with Crippen molar-refractivity contribution in [1.29, 1.82) is 0 Å². The minimum atomic E-state index is -0.0523. The highest BCUT2D eigenvalue weighted by molar-refractivity contribution is 5.31. The van der Waals surface area contributed by atoms with E-state index in [2.05, 4.69) is 36.2 Å². The van der Waals surface area contributed by atoms with Gasteiger partial charge in [-0.25, -0.2) is 0 Å². The van der Waals surface area contributed by atoms with Crippen molar-refractivity contribution in [2.45, 2.75) is 50.0 Å². The second kappa shape index (κ2) is 5.26. The Hall–Kier alpha value is -0.860. The maximum Gasteiger partial charge on any atom is 0.0409 e. The second-order valence-corrected chi connectivity index (χ2v) is 6.59. The predicted octanol–water partition coefficient (Wildman–Crippen LogP) is 3.22. The van der Waals surface area contributed by atoms with Crippen molar-refractivity contribution in [2.75, 3.05) is 20.1 Å². The summed E-state index contributed by atoms with van der Waals surface area (Å²) < 4.78 is 0. The van der Waals surface area contributed by atoms with Gasteiger partial charge in [-0.2, -0.15) is 0 Å². The van der Waals surface area contributed by atoms with Gasteiger partial charge in [0.15, 0.2) is 0 Å². The van der Waals surface area contributed by atoms with E-state index in [0.717, 1.165) is 18.8 Å². The van der Waals surface area contributed by atoms with Crippen LogP contribution in [0.4, 0.5) is 0 Å². The molecule has 1 aromatic carbocycles. The van der Waals surface area contributed by atoms with Gasteiger partial charge in [-0.05, 0) is 49.9 Å². The summed E-state index contributed by atoms with van der Waals surface area (Å²) in [5.41, 5.74) is 9.39. The fraction of sp³-hybridized carbons (Fsp3) is 0.647. The van der Waals surface area contributed by atoms with Crippen LogP contribution in [0.5, 0.6) is 0 Å². The first-order valence-electron chi connectivity index (χ1n) is 7.75. The lowest BCUT2D eigenvalue weighted by molar-refractivity contribution is 0.302. The number of rotatable bonds is 2. The zero-order chi connectivity index (χ0) is 13.3. The molecule has 3 rings (SSSR count). The highest BCUT2D eigenvalue weighted by Crippen LogP contribution is 2.35. The molecule has 0 aromatic heterocycles. The Morgan fingerprint density at radius 2 is 1.79 bits per heavy atom. The van der Waals surface area contributed by atoms with E-state index >= 15 is 0 Å². The SMILES string of the molecule is CN1CCC(c2ccc(C3(N)CCCCC3)cc2)C1. The third kappa shape index (κ3) is 2.70. The van der Waals surface area contributed by atoms with Crippen LogP contribution in [0.25, 0.3) is 0 Å². The normalized spacial score (nSPS) is 27.6. The summed E-state index contributed by atoms with van der Waals surface area (Å²) in [6.07, 6.45) is 7.52. The Kier molecular flexibility index (Phi) is 3.64. The average molecular weight is 258 g/mol. The number of nitrogens with zero attached hydrogens (tertiary/aromatic N) is 1. The van der Waals surface area contributed by atoms with E-state index in [0.29, 0.717) is 0 Å². The summed E-state index contributed by atoms with van der Waals surface area (Å²) in [7, 11) is 2.21. The molecular weight excluding hydrogens is 232 g/mol. The molecule has 2 heteroatoms. The molecule has 19 heavy (non-hydrogen) atoms. The topological polar surface area (TPSA) is 29.3 Å². The molecule has 0 spiro atoms. The van der Waals surface area contributed by atoms with Gasteiger partial charge in [-0.1, -0.05) is 43.5 Å². The Bertz CT molecular complexity index is 417. The molecular formula is C17H26N2. The number of likely N-dealkylation sites (N-methyl/N-ethyl adjacent to an activating group) is 1. The van der Waals surface area contributed by atoms with Crippen LogP contribution >= 0.6 is 0 Å². The van der Waals surface area contributed by atoms with E-state index in [-0.39, 0.29) is 5.54 Å². The van der Waals surface area contributed by atoms with E-state index in [9.17, 15) is 0 Å². The fourth-order valence-electron chi connectivity index (χ4n) is 3.77. The Balaban J connectivity index is 1.75. The van der Waals surface area contributed by atoms with Crippen LogP contribution in [0.15, 0.2) is 24.3 Å². The van der Waals surface area contributed by atoms with Gasteiger partial charge in [0.05, 0.1) is 0 Å². The standard InChI is InChI=1S/C17H26N2/c1-19-12-9-15(13-19)14-5-7-16(8-6-14)17(18)10-3-2-4-11-17/h5-8,15H,2-4,9-13,18H2,1H3. The molecule has 1 atom stereocenters. The van der Waals surface area contributed by atoms with E-state index in [1.54, 1.807) is 0 Å². The quantitative estimate of drug-likeness (QED) is 0.882. The van der Waals surface area contributed by atoms with Crippen LogP contribution < -0.4 is 5.73 Å². The van der Waals surface area contributed by atoms with Crippen molar-refractivity contribution in [2.24, 2.45) is 5.73 Å². The third-order valence-electron chi connectivity index (χ3n) is 5.09. The van der Waals surface area contributed by atoms with E-state index in [1.165, 1.54) is 49.9 Å². The van der Waals surface area contributed by atoms with Crippen molar-refractivity contribution in [3.63, 3.8) is 0 Å². The smallest absolute Gasteiger partial charge is 0.0409 e. The van der Waals surface area contributed by atoms with Crippen molar-refractivity contribution in [1.82, 2.24) is 4.90 Å². The van der Waals surface area contributed by atoms with Crippen LogP contribution in [0.1, 0.15) is 55.6 Å². The van der Waals surface area contributed by atoms with Crippen molar-refractivity contribution in [3.05, 3.63) is 35.4 Å². The van der Waals surface area contributed by atoms with Gasteiger partial charge >= 0.3 is 0 Å². The molecule has 1 aliphatic carbocycles. The maximum atomic E-state index is 6.60. The van der Waals surface area contributed by atoms with Gasteiger partial charge in [0.25, 0.3) is 0 Å². The van der Waals surface area contributed by atoms with Crippen LogP contribution in [0.2, 0.25) is 0 Å². The lowest BCUT2D eigenvalue weighted by Crippen LogP contribution is -2.38. The molecule has 2 fully saturated rings. The minimum absolute atomic E-state index is 0.0523. The zero-order valence-electron chi connectivity index (χ0n) is 12.1. The summed E-state index contributed by atoms with van der Waals surface area (Å²) in [5.74, 6) is 0.721. The maximum absolute atomic E-state index is 6.60. The van der Waals surface area contributed by atoms with Crippen molar-refractivity contribution in [3.8, 4) is 0 Å². The molecule has 1 unspecified atom stereocenters. The van der Waals surface area contributed by atoms with E-state index < -0.39 is 0 Å². The molecule has 2 nitrogen and oxygen atoms in total. The molecule has 0 radical (unpaired) electrons. The van der Waals surface area contributed by atoms with Crippen LogP contribution in [-0.2, 0) is 5.54 Å². The van der Waals surface area contributed by atoms with Crippen LogP contribution in [0.3, 0.4) is 0 Å². The number of likely N-dealkylation sites (tertiary alicyclic amines) is 1. The first kappa shape index (κ1) is 13.1. The summed E-state index contributed by atoms with van der Waals surface area (Å²) in [6.45, 7) is 2.43. The first-order chi connectivity index (χ1) is 9.17. The Labute approximate surface area is 117 Å². The molecule has 0 bridgehead atoms.